The molecule has 1 amide bonds. The Morgan fingerprint density at radius 3 is 2.67 bits per heavy atom. The first-order chi connectivity index (χ1) is 14.6. The average Bonchev–Trinajstić information content (AvgIpc) is 2.78. The van der Waals surface area contributed by atoms with Crippen molar-refractivity contribution in [2.45, 2.75) is 0 Å². The summed E-state index contributed by atoms with van der Waals surface area (Å²) < 4.78 is 16.2. The molecule has 150 valence electrons. The Morgan fingerprint density at radius 2 is 1.93 bits per heavy atom. The monoisotopic (exact) mass is 402 g/mol. The van der Waals surface area contributed by atoms with Crippen molar-refractivity contribution in [1.82, 2.24) is 4.98 Å². The van der Waals surface area contributed by atoms with Crippen LogP contribution in [0.4, 0.5) is 5.69 Å². The zero-order valence-corrected chi connectivity index (χ0v) is 16.1. The third-order valence-corrected chi connectivity index (χ3v) is 4.42. The fourth-order valence-corrected chi connectivity index (χ4v) is 2.99. The van der Waals surface area contributed by atoms with Gasteiger partial charge < -0.3 is 19.2 Å². The van der Waals surface area contributed by atoms with Gasteiger partial charge in [0.05, 0.1) is 24.6 Å². The molecule has 0 fully saturated rings. The van der Waals surface area contributed by atoms with Crippen molar-refractivity contribution >= 4 is 22.6 Å². The van der Waals surface area contributed by atoms with E-state index in [9.17, 15) is 9.59 Å². The number of ether oxygens (including phenoxy) is 2. The molecule has 4 aromatic rings. The summed E-state index contributed by atoms with van der Waals surface area (Å²) in [6.07, 6.45) is 3.18. The van der Waals surface area contributed by atoms with Gasteiger partial charge in [-0.2, -0.15) is 0 Å². The number of nitrogens with zero attached hydrogens (tertiary/aromatic N) is 1. The van der Waals surface area contributed by atoms with Gasteiger partial charge in [0.1, 0.15) is 5.75 Å². The highest BCUT2D eigenvalue weighted by Crippen LogP contribution is 2.28. The predicted octanol–water partition coefficient (Wildman–Crippen LogP) is 3.88. The third kappa shape index (κ3) is 4.15. The molecule has 0 unspecified atom stereocenters. The van der Waals surface area contributed by atoms with Crippen molar-refractivity contribution in [3.63, 3.8) is 0 Å². The summed E-state index contributed by atoms with van der Waals surface area (Å²) in [6, 6.07) is 17.5. The maximum atomic E-state index is 12.5. The Labute approximate surface area is 171 Å². The lowest BCUT2D eigenvalue weighted by molar-refractivity contribution is -0.118. The highest BCUT2D eigenvalue weighted by Gasteiger charge is 2.11. The van der Waals surface area contributed by atoms with Gasteiger partial charge in [-0.3, -0.25) is 9.78 Å². The van der Waals surface area contributed by atoms with Crippen molar-refractivity contribution in [2.24, 2.45) is 0 Å². The Hall–Kier alpha value is -4.13. The fraction of sp³-hybridized carbons (Fsp3) is 0.0870. The number of aromatic nitrogens is 1. The summed E-state index contributed by atoms with van der Waals surface area (Å²) in [4.78, 5) is 28.4. The number of methoxy groups -OCH3 is 1. The first-order valence-corrected chi connectivity index (χ1v) is 9.18. The molecule has 7 heteroatoms. The summed E-state index contributed by atoms with van der Waals surface area (Å²) in [5.74, 6) is 0.715. The Balaban J connectivity index is 1.48. The first-order valence-electron chi connectivity index (χ1n) is 9.18. The highest BCUT2D eigenvalue weighted by molar-refractivity contribution is 5.91. The van der Waals surface area contributed by atoms with Crippen LogP contribution >= 0.6 is 0 Å². The standard InChI is InChI=1S/C23H18N2O5/c1-28-20-6-2-4-16-12-19(23(27)30-22(16)20)15-7-9-18(10-8-15)29-14-21(26)25-17-5-3-11-24-13-17/h2-13H,14H2,1H3,(H,25,26). The zero-order chi connectivity index (χ0) is 20.9. The second-order valence-corrected chi connectivity index (χ2v) is 6.43. The number of rotatable bonds is 6. The van der Waals surface area contributed by atoms with E-state index in [1.165, 1.54) is 7.11 Å². The number of pyridine rings is 1. The van der Waals surface area contributed by atoms with E-state index in [-0.39, 0.29) is 12.5 Å². The number of nitrogens with one attached hydrogen (secondary N) is 1. The third-order valence-electron chi connectivity index (χ3n) is 4.42. The summed E-state index contributed by atoms with van der Waals surface area (Å²) in [7, 11) is 1.53. The molecule has 0 aliphatic rings. The van der Waals surface area contributed by atoms with Crippen LogP contribution in [0, 0.1) is 0 Å². The maximum Gasteiger partial charge on any atom is 0.344 e. The number of anilines is 1. The van der Waals surface area contributed by atoms with Crippen molar-refractivity contribution < 1.29 is 18.7 Å². The summed E-state index contributed by atoms with van der Waals surface area (Å²) in [6.45, 7) is -0.147. The summed E-state index contributed by atoms with van der Waals surface area (Å²) >= 11 is 0. The van der Waals surface area contributed by atoms with E-state index < -0.39 is 5.63 Å². The molecule has 2 aromatic heterocycles. The number of carbonyl (C=O) groups excluding carboxylic acids is 1. The van der Waals surface area contributed by atoms with Crippen molar-refractivity contribution in [1.29, 1.82) is 0 Å². The topological polar surface area (TPSA) is 90.7 Å². The normalized spacial score (nSPS) is 10.6. The summed E-state index contributed by atoms with van der Waals surface area (Å²) in [5, 5.41) is 3.45. The smallest absolute Gasteiger partial charge is 0.344 e. The van der Waals surface area contributed by atoms with Gasteiger partial charge in [-0.15, -0.1) is 0 Å². The van der Waals surface area contributed by atoms with E-state index in [1.807, 2.05) is 12.1 Å². The number of fused-ring (bicyclic) bond motifs is 1. The quantitative estimate of drug-likeness (QED) is 0.492. The van der Waals surface area contributed by atoms with Crippen molar-refractivity contribution in [3.05, 3.63) is 83.5 Å². The molecular weight excluding hydrogens is 384 g/mol. The van der Waals surface area contributed by atoms with Crippen LogP contribution in [0.3, 0.4) is 0 Å². The molecule has 0 saturated carbocycles. The first kappa shape index (κ1) is 19.2. The number of hydrogen-bond donors (Lipinski definition) is 1. The predicted molar refractivity (Wildman–Crippen MR) is 113 cm³/mol. The number of para-hydroxylation sites is 1. The Bertz CT molecular complexity index is 1230. The minimum Gasteiger partial charge on any atom is -0.493 e. The van der Waals surface area contributed by atoms with Gasteiger partial charge >= 0.3 is 5.63 Å². The molecule has 0 atom stereocenters. The number of benzene rings is 2. The Kier molecular flexibility index (Phi) is 5.43. The van der Waals surface area contributed by atoms with Crippen LogP contribution in [0.1, 0.15) is 0 Å². The average molecular weight is 402 g/mol. The van der Waals surface area contributed by atoms with E-state index in [4.69, 9.17) is 13.9 Å². The van der Waals surface area contributed by atoms with E-state index in [2.05, 4.69) is 10.3 Å². The lowest BCUT2D eigenvalue weighted by atomic mass is 10.1. The van der Waals surface area contributed by atoms with Gasteiger partial charge in [-0.1, -0.05) is 24.3 Å². The largest absolute Gasteiger partial charge is 0.493 e. The molecule has 1 N–H and O–H groups in total. The fourth-order valence-electron chi connectivity index (χ4n) is 2.99. The second-order valence-electron chi connectivity index (χ2n) is 6.43. The van der Waals surface area contributed by atoms with E-state index >= 15 is 0 Å². The summed E-state index contributed by atoms with van der Waals surface area (Å²) in [5.41, 5.74) is 1.66. The molecule has 0 spiro atoms. The molecule has 2 aromatic carbocycles. The van der Waals surface area contributed by atoms with Crippen LogP contribution in [0.25, 0.3) is 22.1 Å². The van der Waals surface area contributed by atoms with Crippen LogP contribution in [0.5, 0.6) is 11.5 Å². The van der Waals surface area contributed by atoms with E-state index in [1.54, 1.807) is 60.9 Å². The van der Waals surface area contributed by atoms with Crippen molar-refractivity contribution in [3.8, 4) is 22.6 Å². The van der Waals surface area contributed by atoms with Crippen LogP contribution in [-0.2, 0) is 4.79 Å². The lowest BCUT2D eigenvalue weighted by Gasteiger charge is -2.09. The van der Waals surface area contributed by atoms with Crippen LogP contribution in [0.15, 0.2) is 82.3 Å². The van der Waals surface area contributed by atoms with Crippen LogP contribution < -0.4 is 20.4 Å². The van der Waals surface area contributed by atoms with Crippen LogP contribution in [-0.4, -0.2) is 24.6 Å². The minimum absolute atomic E-state index is 0.147. The molecule has 0 bridgehead atoms. The molecule has 0 aliphatic heterocycles. The van der Waals surface area contributed by atoms with Gasteiger partial charge in [0.15, 0.2) is 17.9 Å². The minimum atomic E-state index is -0.462. The molecule has 7 nitrogen and oxygen atoms in total. The zero-order valence-electron chi connectivity index (χ0n) is 16.1. The van der Waals surface area contributed by atoms with E-state index in [0.29, 0.717) is 33.9 Å². The molecule has 2 heterocycles. The molecule has 4 rings (SSSR count). The molecule has 0 saturated heterocycles. The number of carbonyl (C=O) groups is 1. The molecule has 0 radical (unpaired) electrons. The second kappa shape index (κ2) is 8.48. The highest BCUT2D eigenvalue weighted by atomic mass is 16.5. The molecule has 30 heavy (non-hydrogen) atoms. The SMILES string of the molecule is COc1cccc2cc(-c3ccc(OCC(=O)Nc4cccnc4)cc3)c(=O)oc12. The lowest BCUT2D eigenvalue weighted by Crippen LogP contribution is -2.20. The van der Waals surface area contributed by atoms with Gasteiger partial charge in [0.25, 0.3) is 5.91 Å². The van der Waals surface area contributed by atoms with Crippen LogP contribution in [0.2, 0.25) is 0 Å². The van der Waals surface area contributed by atoms with Gasteiger partial charge in [0.2, 0.25) is 0 Å². The molecular formula is C23H18N2O5. The van der Waals surface area contributed by atoms with E-state index in [0.717, 1.165) is 5.39 Å². The van der Waals surface area contributed by atoms with Gasteiger partial charge in [-0.25, -0.2) is 4.79 Å². The van der Waals surface area contributed by atoms with Crippen molar-refractivity contribution in [2.75, 3.05) is 19.0 Å². The molecule has 0 aliphatic carbocycles. The Morgan fingerprint density at radius 1 is 1.10 bits per heavy atom. The maximum absolute atomic E-state index is 12.5. The number of amides is 1. The van der Waals surface area contributed by atoms with Gasteiger partial charge in [-0.05, 0) is 42.0 Å². The number of hydrogen-bond acceptors (Lipinski definition) is 6. The van der Waals surface area contributed by atoms with Gasteiger partial charge in [0, 0.05) is 11.6 Å².